The number of benzene rings is 2. The fourth-order valence-electron chi connectivity index (χ4n) is 2.10. The molecule has 1 amide bonds. The van der Waals surface area contributed by atoms with Crippen LogP contribution in [0.5, 0.6) is 5.75 Å². The highest BCUT2D eigenvalue weighted by atomic mass is 79.9. The van der Waals surface area contributed by atoms with Crippen molar-refractivity contribution in [2.24, 2.45) is 5.10 Å². The van der Waals surface area contributed by atoms with Crippen LogP contribution in [0.4, 0.5) is 5.69 Å². The maximum atomic E-state index is 12.1. The summed E-state index contributed by atoms with van der Waals surface area (Å²) in [7, 11) is -2.26. The Labute approximate surface area is 171 Å². The van der Waals surface area contributed by atoms with Gasteiger partial charge < -0.3 is 4.74 Å². The Hall–Kier alpha value is -2.10. The zero-order chi connectivity index (χ0) is 20.0. The van der Waals surface area contributed by atoms with E-state index >= 15 is 0 Å². The number of nitrogens with one attached hydrogen (secondary N) is 1. The van der Waals surface area contributed by atoms with E-state index in [1.807, 2.05) is 24.3 Å². The molecule has 0 bridgehead atoms. The van der Waals surface area contributed by atoms with Crippen LogP contribution in [0.1, 0.15) is 5.56 Å². The number of anilines is 1. The molecule has 0 aliphatic heterocycles. The van der Waals surface area contributed by atoms with E-state index in [0.29, 0.717) is 5.75 Å². The van der Waals surface area contributed by atoms with Crippen LogP contribution in [0.25, 0.3) is 0 Å². The zero-order valence-electron chi connectivity index (χ0n) is 14.5. The second kappa shape index (κ2) is 9.20. The largest absolute Gasteiger partial charge is 0.495 e. The highest BCUT2D eigenvalue weighted by molar-refractivity contribution is 9.10. The average Bonchev–Trinajstić information content (AvgIpc) is 2.60. The monoisotopic (exact) mass is 473 g/mol. The van der Waals surface area contributed by atoms with Crippen molar-refractivity contribution in [3.63, 3.8) is 0 Å². The molecule has 0 aromatic heterocycles. The molecule has 2 aromatic carbocycles. The van der Waals surface area contributed by atoms with E-state index in [-0.39, 0.29) is 10.7 Å². The van der Waals surface area contributed by atoms with Gasteiger partial charge in [0.1, 0.15) is 12.3 Å². The number of ether oxygens (including phenoxy) is 1. The lowest BCUT2D eigenvalue weighted by molar-refractivity contribution is -0.119. The van der Waals surface area contributed by atoms with E-state index in [1.54, 1.807) is 0 Å². The number of rotatable bonds is 7. The van der Waals surface area contributed by atoms with Crippen LogP contribution in [0, 0.1) is 0 Å². The fraction of sp³-hybridized carbons (Fsp3) is 0.176. The second-order valence-corrected chi connectivity index (χ2v) is 8.66. The lowest BCUT2D eigenvalue weighted by atomic mass is 10.2. The number of carbonyl (C=O) groups is 1. The number of hydrogen-bond donors (Lipinski definition) is 1. The zero-order valence-corrected chi connectivity index (χ0v) is 17.7. The van der Waals surface area contributed by atoms with Gasteiger partial charge in [0, 0.05) is 4.47 Å². The molecule has 0 atom stereocenters. The summed E-state index contributed by atoms with van der Waals surface area (Å²) >= 11 is 9.37. The van der Waals surface area contributed by atoms with E-state index in [1.165, 1.54) is 31.5 Å². The first-order valence-electron chi connectivity index (χ1n) is 7.59. The van der Waals surface area contributed by atoms with Crippen molar-refractivity contribution in [2.75, 3.05) is 24.2 Å². The normalized spacial score (nSPS) is 11.4. The Bertz CT molecular complexity index is 949. The minimum Gasteiger partial charge on any atom is -0.495 e. The summed E-state index contributed by atoms with van der Waals surface area (Å²) in [4.78, 5) is 12.1. The standard InChI is InChI=1S/C17H17BrClN3O4S/c1-26-16-8-7-14(9-15(16)19)22(27(2,24)25)11-17(23)21-20-10-12-3-5-13(18)6-4-12/h3-10H,11H2,1-2H3,(H,21,23)/b20-10-. The smallest absolute Gasteiger partial charge is 0.260 e. The summed E-state index contributed by atoms with van der Waals surface area (Å²) in [6.45, 7) is -0.445. The molecule has 2 rings (SSSR count). The Kier molecular flexibility index (Phi) is 7.23. The maximum Gasteiger partial charge on any atom is 0.260 e. The van der Waals surface area contributed by atoms with Crippen molar-refractivity contribution in [3.05, 3.63) is 57.5 Å². The molecule has 0 heterocycles. The number of amides is 1. The summed E-state index contributed by atoms with van der Waals surface area (Å²) < 4.78 is 31.1. The van der Waals surface area contributed by atoms with E-state index in [2.05, 4.69) is 26.5 Å². The first-order chi connectivity index (χ1) is 12.7. The van der Waals surface area contributed by atoms with Gasteiger partial charge in [0.2, 0.25) is 10.0 Å². The molecular formula is C17H17BrClN3O4S. The van der Waals surface area contributed by atoms with Crippen LogP contribution in [0.15, 0.2) is 52.0 Å². The van der Waals surface area contributed by atoms with E-state index in [9.17, 15) is 13.2 Å². The molecule has 0 unspecified atom stereocenters. The number of methoxy groups -OCH3 is 1. The molecule has 7 nitrogen and oxygen atoms in total. The van der Waals surface area contributed by atoms with Crippen LogP contribution in [-0.2, 0) is 14.8 Å². The van der Waals surface area contributed by atoms with Gasteiger partial charge in [-0.15, -0.1) is 0 Å². The molecule has 27 heavy (non-hydrogen) atoms. The van der Waals surface area contributed by atoms with Gasteiger partial charge in [0.05, 0.1) is 30.3 Å². The molecule has 0 spiro atoms. The highest BCUT2D eigenvalue weighted by Crippen LogP contribution is 2.30. The van der Waals surface area contributed by atoms with Crippen molar-refractivity contribution in [2.45, 2.75) is 0 Å². The van der Waals surface area contributed by atoms with Crippen molar-refractivity contribution < 1.29 is 17.9 Å². The third-order valence-electron chi connectivity index (χ3n) is 3.38. The van der Waals surface area contributed by atoms with Gasteiger partial charge in [-0.2, -0.15) is 5.10 Å². The molecule has 1 N–H and O–H groups in total. The van der Waals surface area contributed by atoms with E-state index in [4.69, 9.17) is 16.3 Å². The van der Waals surface area contributed by atoms with E-state index < -0.39 is 22.5 Å². The van der Waals surface area contributed by atoms with Crippen molar-refractivity contribution >= 4 is 55.4 Å². The predicted molar refractivity (Wildman–Crippen MR) is 110 cm³/mol. The Morgan fingerprint density at radius 3 is 2.52 bits per heavy atom. The van der Waals surface area contributed by atoms with Gasteiger partial charge in [-0.25, -0.2) is 13.8 Å². The van der Waals surface area contributed by atoms with Crippen LogP contribution in [-0.4, -0.2) is 40.4 Å². The number of halogens is 2. The molecule has 0 fully saturated rings. The molecule has 0 aliphatic rings. The predicted octanol–water partition coefficient (Wildman–Crippen LogP) is 3.03. The summed E-state index contributed by atoms with van der Waals surface area (Å²) in [5.41, 5.74) is 3.33. The summed E-state index contributed by atoms with van der Waals surface area (Å²) in [6.07, 6.45) is 2.46. The molecule has 144 valence electrons. The lowest BCUT2D eigenvalue weighted by Crippen LogP contribution is -2.39. The number of sulfonamides is 1. The number of hydrazone groups is 1. The van der Waals surface area contributed by atoms with Crippen molar-refractivity contribution in [1.29, 1.82) is 0 Å². The fourth-order valence-corrected chi connectivity index (χ4v) is 3.47. The van der Waals surface area contributed by atoms with Gasteiger partial charge in [-0.1, -0.05) is 39.7 Å². The summed E-state index contributed by atoms with van der Waals surface area (Å²) in [5, 5.41) is 4.07. The van der Waals surface area contributed by atoms with Crippen LogP contribution >= 0.6 is 27.5 Å². The Morgan fingerprint density at radius 2 is 1.96 bits per heavy atom. The third kappa shape index (κ3) is 6.23. The van der Waals surface area contributed by atoms with Crippen LogP contribution in [0.3, 0.4) is 0 Å². The topological polar surface area (TPSA) is 88.1 Å². The number of nitrogens with zero attached hydrogens (tertiary/aromatic N) is 2. The number of hydrogen-bond acceptors (Lipinski definition) is 5. The molecule has 0 radical (unpaired) electrons. The molecule has 0 aliphatic carbocycles. The van der Waals surface area contributed by atoms with Gasteiger partial charge in [-0.05, 0) is 35.9 Å². The highest BCUT2D eigenvalue weighted by Gasteiger charge is 2.21. The van der Waals surface area contributed by atoms with Crippen LogP contribution in [0.2, 0.25) is 5.02 Å². The van der Waals surface area contributed by atoms with Gasteiger partial charge in [0.25, 0.3) is 5.91 Å². The average molecular weight is 475 g/mol. The van der Waals surface area contributed by atoms with Crippen molar-refractivity contribution in [3.8, 4) is 5.75 Å². The second-order valence-electron chi connectivity index (χ2n) is 5.43. The summed E-state index contributed by atoms with van der Waals surface area (Å²) in [6, 6.07) is 11.7. The SMILES string of the molecule is COc1ccc(N(CC(=O)N/N=C\c2ccc(Br)cc2)S(C)(=O)=O)cc1Cl. The summed E-state index contributed by atoms with van der Waals surface area (Å²) in [5.74, 6) is -0.196. The molecule has 0 saturated carbocycles. The lowest BCUT2D eigenvalue weighted by Gasteiger charge is -2.21. The minimum atomic E-state index is -3.72. The van der Waals surface area contributed by atoms with E-state index in [0.717, 1.165) is 20.6 Å². The maximum absolute atomic E-state index is 12.1. The first-order valence-corrected chi connectivity index (χ1v) is 10.6. The molecule has 10 heteroatoms. The minimum absolute atomic E-state index is 0.234. The van der Waals surface area contributed by atoms with Gasteiger partial charge in [0.15, 0.2) is 0 Å². The first kappa shape index (κ1) is 21.2. The molecule has 0 saturated heterocycles. The Morgan fingerprint density at radius 1 is 1.30 bits per heavy atom. The van der Waals surface area contributed by atoms with Crippen LogP contribution < -0.4 is 14.5 Å². The van der Waals surface area contributed by atoms with Gasteiger partial charge in [-0.3, -0.25) is 9.10 Å². The number of carbonyl (C=O) groups excluding carboxylic acids is 1. The Balaban J connectivity index is 2.10. The molecule has 2 aromatic rings. The molecular weight excluding hydrogens is 458 g/mol. The van der Waals surface area contributed by atoms with Gasteiger partial charge >= 0.3 is 0 Å². The third-order valence-corrected chi connectivity index (χ3v) is 5.35. The quantitative estimate of drug-likeness (QED) is 0.493. The van der Waals surface area contributed by atoms with Crippen molar-refractivity contribution in [1.82, 2.24) is 5.43 Å².